The fourth-order valence-corrected chi connectivity index (χ4v) is 5.27. The molecule has 0 aliphatic carbocycles. The van der Waals surface area contributed by atoms with Crippen LogP contribution in [0.5, 0.6) is 0 Å². The topological polar surface area (TPSA) is 122 Å². The first kappa shape index (κ1) is 20.2. The SMILES string of the molecule is CC(=O)c1cccc(NS(=O)(=O)c2cc(-c3noc(C(=O)N4CCCC4)n3)cs2)c1. The molecule has 1 amide bonds. The molecule has 11 heteroatoms. The number of amides is 1. The molecule has 1 aromatic carbocycles. The normalized spacial score (nSPS) is 14.1. The highest BCUT2D eigenvalue weighted by Gasteiger charge is 2.26. The van der Waals surface area contributed by atoms with Gasteiger partial charge in [0, 0.05) is 35.3 Å². The van der Waals surface area contributed by atoms with E-state index in [0.717, 1.165) is 24.2 Å². The van der Waals surface area contributed by atoms with Crippen molar-refractivity contribution in [3.63, 3.8) is 0 Å². The summed E-state index contributed by atoms with van der Waals surface area (Å²) in [5, 5.41) is 5.39. The molecule has 4 rings (SSSR count). The molecule has 0 atom stereocenters. The maximum atomic E-state index is 12.7. The first-order chi connectivity index (χ1) is 14.3. The number of carbonyl (C=O) groups excluding carboxylic acids is 2. The van der Waals surface area contributed by atoms with E-state index < -0.39 is 10.0 Å². The lowest BCUT2D eigenvalue weighted by molar-refractivity contribution is 0.0743. The fraction of sp³-hybridized carbons (Fsp3) is 0.263. The number of ketones is 1. The predicted octanol–water partition coefficient (Wildman–Crippen LogP) is 3.04. The molecule has 0 saturated carbocycles. The summed E-state index contributed by atoms with van der Waals surface area (Å²) in [4.78, 5) is 29.6. The quantitative estimate of drug-likeness (QED) is 0.577. The van der Waals surface area contributed by atoms with Crippen LogP contribution in [0.2, 0.25) is 0 Å². The standard InChI is InChI=1S/C19H18N4O5S2/c1-12(24)13-5-4-6-15(9-13)22-30(26,27)16-10-14(11-29-16)17-20-18(28-21-17)19(25)23-7-2-3-8-23/h4-6,9-11,22H,2-3,7-8H2,1H3. The summed E-state index contributed by atoms with van der Waals surface area (Å²) < 4.78 is 33.0. The maximum absolute atomic E-state index is 12.7. The van der Waals surface area contributed by atoms with Crippen molar-refractivity contribution in [1.82, 2.24) is 15.0 Å². The first-order valence-corrected chi connectivity index (χ1v) is 11.6. The number of anilines is 1. The minimum atomic E-state index is -3.87. The molecule has 1 fully saturated rings. The maximum Gasteiger partial charge on any atom is 0.316 e. The number of likely N-dealkylation sites (tertiary alicyclic amines) is 1. The highest BCUT2D eigenvalue weighted by molar-refractivity contribution is 7.94. The van der Waals surface area contributed by atoms with Gasteiger partial charge in [-0.05, 0) is 38.0 Å². The minimum Gasteiger partial charge on any atom is -0.334 e. The van der Waals surface area contributed by atoms with Gasteiger partial charge in [0.2, 0.25) is 5.82 Å². The number of nitrogens with one attached hydrogen (secondary N) is 1. The lowest BCUT2D eigenvalue weighted by Gasteiger charge is -2.10. The van der Waals surface area contributed by atoms with Gasteiger partial charge in [-0.2, -0.15) is 4.98 Å². The van der Waals surface area contributed by atoms with Crippen LogP contribution >= 0.6 is 11.3 Å². The van der Waals surface area contributed by atoms with Gasteiger partial charge in [-0.3, -0.25) is 14.3 Å². The summed E-state index contributed by atoms with van der Waals surface area (Å²) in [5.74, 6) is -0.442. The number of Topliss-reactive ketones (excluding diaryl/α,β-unsaturated/α-hetero) is 1. The number of hydrogen-bond donors (Lipinski definition) is 1. The lowest BCUT2D eigenvalue weighted by Crippen LogP contribution is -2.27. The number of nitrogens with zero attached hydrogens (tertiary/aromatic N) is 3. The average Bonchev–Trinajstić information content (AvgIpc) is 3.48. The zero-order valence-corrected chi connectivity index (χ0v) is 17.6. The monoisotopic (exact) mass is 446 g/mol. The largest absolute Gasteiger partial charge is 0.334 e. The molecular formula is C19H18N4O5S2. The number of rotatable bonds is 6. The molecule has 1 N–H and O–H groups in total. The second kappa shape index (κ2) is 8.00. The molecule has 0 bridgehead atoms. The zero-order chi connectivity index (χ0) is 21.3. The van der Waals surface area contributed by atoms with Crippen LogP contribution in [0.25, 0.3) is 11.4 Å². The molecule has 1 aliphatic heterocycles. The molecule has 2 aromatic heterocycles. The van der Waals surface area contributed by atoms with Crippen molar-refractivity contribution in [2.75, 3.05) is 17.8 Å². The van der Waals surface area contributed by atoms with E-state index in [1.165, 1.54) is 19.1 Å². The van der Waals surface area contributed by atoms with E-state index in [2.05, 4.69) is 14.9 Å². The van der Waals surface area contributed by atoms with Crippen LogP contribution in [0.4, 0.5) is 5.69 Å². The van der Waals surface area contributed by atoms with Crippen LogP contribution in [-0.2, 0) is 10.0 Å². The van der Waals surface area contributed by atoms with Gasteiger partial charge in [-0.25, -0.2) is 8.42 Å². The van der Waals surface area contributed by atoms with Crippen molar-refractivity contribution < 1.29 is 22.5 Å². The Morgan fingerprint density at radius 1 is 1.20 bits per heavy atom. The summed E-state index contributed by atoms with van der Waals surface area (Å²) in [5.41, 5.74) is 1.13. The number of sulfonamides is 1. The summed E-state index contributed by atoms with van der Waals surface area (Å²) in [6.07, 6.45) is 1.89. The third-order valence-electron chi connectivity index (χ3n) is 4.62. The van der Waals surface area contributed by atoms with E-state index in [0.29, 0.717) is 24.2 Å². The summed E-state index contributed by atoms with van der Waals surface area (Å²) in [6.45, 7) is 2.73. The van der Waals surface area contributed by atoms with Crippen LogP contribution in [0, 0.1) is 0 Å². The Balaban J connectivity index is 1.53. The van der Waals surface area contributed by atoms with Crippen LogP contribution in [0.3, 0.4) is 0 Å². The van der Waals surface area contributed by atoms with Crippen molar-refractivity contribution >= 4 is 38.7 Å². The van der Waals surface area contributed by atoms with Gasteiger partial charge in [0.15, 0.2) is 5.78 Å². The molecule has 3 heterocycles. The molecule has 30 heavy (non-hydrogen) atoms. The summed E-state index contributed by atoms with van der Waals surface area (Å²) in [6, 6.07) is 7.67. The molecule has 1 aliphatic rings. The van der Waals surface area contributed by atoms with E-state index >= 15 is 0 Å². The summed E-state index contributed by atoms with van der Waals surface area (Å²) >= 11 is 0.990. The van der Waals surface area contributed by atoms with Crippen LogP contribution in [-0.4, -0.2) is 48.2 Å². The highest BCUT2D eigenvalue weighted by atomic mass is 32.2. The van der Waals surface area contributed by atoms with E-state index in [9.17, 15) is 18.0 Å². The van der Waals surface area contributed by atoms with Gasteiger partial charge in [0.1, 0.15) is 4.21 Å². The van der Waals surface area contributed by atoms with Crippen LogP contribution in [0.15, 0.2) is 44.4 Å². The van der Waals surface area contributed by atoms with E-state index in [-0.39, 0.29) is 33.3 Å². The third-order valence-corrected chi connectivity index (χ3v) is 7.44. The van der Waals surface area contributed by atoms with Crippen LogP contribution in [0.1, 0.15) is 40.8 Å². The van der Waals surface area contributed by atoms with Gasteiger partial charge in [-0.15, -0.1) is 11.3 Å². The van der Waals surface area contributed by atoms with Gasteiger partial charge >= 0.3 is 11.8 Å². The van der Waals surface area contributed by atoms with Gasteiger partial charge < -0.3 is 9.42 Å². The Morgan fingerprint density at radius 2 is 1.97 bits per heavy atom. The van der Waals surface area contributed by atoms with E-state index in [1.807, 2.05) is 0 Å². The number of hydrogen-bond acceptors (Lipinski definition) is 8. The Bertz CT molecular complexity index is 1210. The molecule has 9 nitrogen and oxygen atoms in total. The van der Waals surface area contributed by atoms with Gasteiger partial charge in [-0.1, -0.05) is 17.3 Å². The van der Waals surface area contributed by atoms with Crippen LogP contribution < -0.4 is 4.72 Å². The second-order valence-corrected chi connectivity index (χ2v) is 9.64. The zero-order valence-electron chi connectivity index (χ0n) is 16.0. The minimum absolute atomic E-state index is 0.0444. The van der Waals surface area contributed by atoms with Gasteiger partial charge in [0.05, 0.1) is 0 Å². The number of benzene rings is 1. The van der Waals surface area contributed by atoms with Crippen molar-refractivity contribution in [3.8, 4) is 11.4 Å². The van der Waals surface area contributed by atoms with Crippen molar-refractivity contribution in [3.05, 3.63) is 47.2 Å². The first-order valence-electron chi connectivity index (χ1n) is 9.19. The molecular weight excluding hydrogens is 428 g/mol. The molecule has 0 spiro atoms. The molecule has 0 radical (unpaired) electrons. The second-order valence-electron chi connectivity index (χ2n) is 6.82. The fourth-order valence-electron chi connectivity index (χ4n) is 3.06. The highest BCUT2D eigenvalue weighted by Crippen LogP contribution is 2.28. The lowest BCUT2D eigenvalue weighted by atomic mass is 10.1. The van der Waals surface area contributed by atoms with Crippen molar-refractivity contribution in [1.29, 1.82) is 0 Å². The molecule has 1 saturated heterocycles. The molecule has 3 aromatic rings. The summed E-state index contributed by atoms with van der Waals surface area (Å²) in [7, 11) is -3.87. The third kappa shape index (κ3) is 4.12. The Morgan fingerprint density at radius 3 is 2.70 bits per heavy atom. The molecule has 0 unspecified atom stereocenters. The predicted molar refractivity (Wildman–Crippen MR) is 110 cm³/mol. The Kier molecular flexibility index (Phi) is 5.39. The number of thiophene rings is 1. The molecule has 156 valence electrons. The van der Waals surface area contributed by atoms with E-state index in [1.54, 1.807) is 28.5 Å². The van der Waals surface area contributed by atoms with Crippen molar-refractivity contribution in [2.45, 2.75) is 24.0 Å². The van der Waals surface area contributed by atoms with Gasteiger partial charge in [0.25, 0.3) is 10.0 Å². The Hall–Kier alpha value is -3.05. The number of aromatic nitrogens is 2. The van der Waals surface area contributed by atoms with E-state index in [4.69, 9.17) is 4.52 Å². The smallest absolute Gasteiger partial charge is 0.316 e. The van der Waals surface area contributed by atoms with Crippen molar-refractivity contribution in [2.24, 2.45) is 0 Å². The average molecular weight is 447 g/mol. The Labute approximate surface area is 176 Å². The number of carbonyl (C=O) groups is 2.